The van der Waals surface area contributed by atoms with Crippen molar-refractivity contribution in [1.82, 2.24) is 24.6 Å². The van der Waals surface area contributed by atoms with E-state index in [1.165, 1.54) is 0 Å². The summed E-state index contributed by atoms with van der Waals surface area (Å²) in [6.07, 6.45) is 1.80. The molecule has 1 fully saturated rings. The third-order valence-electron chi connectivity index (χ3n) is 5.60. The second-order valence-electron chi connectivity index (χ2n) is 7.87. The number of rotatable bonds is 7. The van der Waals surface area contributed by atoms with Gasteiger partial charge in [0.05, 0.1) is 23.3 Å². The number of aromatic nitrogens is 4. The molecular formula is C24H24N6O2. The number of nitrogens with zero attached hydrogens (tertiary/aromatic N) is 4. The lowest BCUT2D eigenvalue weighted by atomic mass is 10.3. The molecule has 0 aliphatic heterocycles. The molecule has 0 radical (unpaired) electrons. The maximum Gasteiger partial charge on any atom is 0.272 e. The van der Waals surface area contributed by atoms with Crippen LogP contribution in [0.5, 0.6) is 0 Å². The quantitative estimate of drug-likeness (QED) is 0.471. The number of carbonyl (C=O) groups excluding carboxylic acids is 2. The zero-order valence-corrected chi connectivity index (χ0v) is 17.8. The van der Waals surface area contributed by atoms with Crippen LogP contribution in [-0.4, -0.2) is 31.1 Å². The summed E-state index contributed by atoms with van der Waals surface area (Å²) in [5.74, 6) is 0.960. The molecule has 8 heteroatoms. The van der Waals surface area contributed by atoms with Gasteiger partial charge in [0, 0.05) is 18.5 Å². The minimum Gasteiger partial charge on any atom is -0.343 e. The van der Waals surface area contributed by atoms with Gasteiger partial charge in [-0.05, 0) is 44.0 Å². The molecule has 32 heavy (non-hydrogen) atoms. The molecule has 5 rings (SSSR count). The fourth-order valence-corrected chi connectivity index (χ4v) is 3.78. The highest BCUT2D eigenvalue weighted by molar-refractivity contribution is 5.97. The third kappa shape index (κ3) is 3.87. The van der Waals surface area contributed by atoms with Gasteiger partial charge in [-0.25, -0.2) is 9.67 Å². The van der Waals surface area contributed by atoms with Gasteiger partial charge in [0.25, 0.3) is 5.91 Å². The van der Waals surface area contributed by atoms with Crippen molar-refractivity contribution in [2.75, 3.05) is 5.32 Å². The summed E-state index contributed by atoms with van der Waals surface area (Å²) >= 11 is 0. The van der Waals surface area contributed by atoms with Gasteiger partial charge in [-0.3, -0.25) is 9.59 Å². The fourth-order valence-electron chi connectivity index (χ4n) is 3.78. The summed E-state index contributed by atoms with van der Waals surface area (Å²) in [5, 5.41) is 10.3. The summed E-state index contributed by atoms with van der Waals surface area (Å²) in [4.78, 5) is 29.9. The molecule has 0 bridgehead atoms. The Morgan fingerprint density at radius 1 is 1.06 bits per heavy atom. The van der Waals surface area contributed by atoms with Crippen molar-refractivity contribution in [1.29, 1.82) is 0 Å². The Morgan fingerprint density at radius 3 is 2.56 bits per heavy atom. The Labute approximate surface area is 185 Å². The topological polar surface area (TPSA) is 93.8 Å². The molecule has 1 aliphatic rings. The molecule has 0 saturated heterocycles. The van der Waals surface area contributed by atoms with E-state index in [1.807, 2.05) is 54.6 Å². The van der Waals surface area contributed by atoms with E-state index >= 15 is 0 Å². The van der Waals surface area contributed by atoms with Crippen molar-refractivity contribution in [2.45, 2.75) is 32.9 Å². The van der Waals surface area contributed by atoms with Crippen LogP contribution in [0, 0.1) is 5.92 Å². The summed E-state index contributed by atoms with van der Waals surface area (Å²) in [6.45, 7) is 3.09. The van der Waals surface area contributed by atoms with E-state index in [0.29, 0.717) is 5.82 Å². The number of amides is 2. The van der Waals surface area contributed by atoms with E-state index in [4.69, 9.17) is 0 Å². The van der Waals surface area contributed by atoms with Crippen LogP contribution in [0.1, 0.15) is 36.1 Å². The number of aryl methyl sites for hydroxylation is 1. The molecule has 2 amide bonds. The first kappa shape index (κ1) is 20.0. The molecule has 1 saturated carbocycles. The SMILES string of the molecule is CCn1c(CNC(=O)c2cc(NC(=O)C3CC3)n(-c3ccccc3)n2)nc2ccccc21. The van der Waals surface area contributed by atoms with Crippen LogP contribution in [-0.2, 0) is 17.9 Å². The second-order valence-corrected chi connectivity index (χ2v) is 7.87. The summed E-state index contributed by atoms with van der Waals surface area (Å²) < 4.78 is 3.68. The standard InChI is InChI=1S/C24H24N6O2/c1-2-29-20-11-7-6-10-18(20)26-22(29)15-25-24(32)19-14-21(27-23(31)16-12-13-16)30(28-19)17-8-4-3-5-9-17/h3-11,14,16H,2,12-13,15H2,1H3,(H,25,32)(H,27,31). The lowest BCUT2D eigenvalue weighted by Crippen LogP contribution is -2.25. The molecule has 0 atom stereocenters. The van der Waals surface area contributed by atoms with Crippen LogP contribution in [0.3, 0.4) is 0 Å². The van der Waals surface area contributed by atoms with Crippen molar-refractivity contribution < 1.29 is 9.59 Å². The van der Waals surface area contributed by atoms with Crippen LogP contribution in [0.2, 0.25) is 0 Å². The maximum absolute atomic E-state index is 12.9. The number of hydrogen-bond acceptors (Lipinski definition) is 4. The van der Waals surface area contributed by atoms with E-state index in [1.54, 1.807) is 10.7 Å². The highest BCUT2D eigenvalue weighted by Gasteiger charge is 2.30. The Balaban J connectivity index is 1.39. The van der Waals surface area contributed by atoms with E-state index in [2.05, 4.69) is 32.2 Å². The molecule has 2 aromatic heterocycles. The lowest BCUT2D eigenvalue weighted by Gasteiger charge is -2.08. The van der Waals surface area contributed by atoms with E-state index in [-0.39, 0.29) is 30.0 Å². The maximum atomic E-state index is 12.9. The highest BCUT2D eigenvalue weighted by Crippen LogP contribution is 2.30. The molecule has 2 aromatic carbocycles. The molecule has 8 nitrogen and oxygen atoms in total. The Bertz CT molecular complexity index is 1290. The van der Waals surface area contributed by atoms with Crippen molar-refractivity contribution >= 4 is 28.7 Å². The van der Waals surface area contributed by atoms with Gasteiger partial charge in [-0.1, -0.05) is 30.3 Å². The fraction of sp³-hybridized carbons (Fsp3) is 0.250. The molecule has 4 aromatic rings. The van der Waals surface area contributed by atoms with E-state index in [0.717, 1.165) is 41.9 Å². The van der Waals surface area contributed by atoms with Crippen LogP contribution < -0.4 is 10.6 Å². The van der Waals surface area contributed by atoms with Crippen LogP contribution in [0.15, 0.2) is 60.7 Å². The van der Waals surface area contributed by atoms with Gasteiger partial charge >= 0.3 is 0 Å². The predicted octanol–water partition coefficient (Wildman–Crippen LogP) is 3.52. The molecule has 2 N–H and O–H groups in total. The van der Waals surface area contributed by atoms with Crippen LogP contribution in [0.25, 0.3) is 16.7 Å². The molecule has 0 spiro atoms. The number of anilines is 1. The van der Waals surface area contributed by atoms with Gasteiger partial charge < -0.3 is 15.2 Å². The molecule has 0 unspecified atom stereocenters. The molecular weight excluding hydrogens is 404 g/mol. The number of imidazole rings is 1. The number of hydrogen-bond donors (Lipinski definition) is 2. The number of fused-ring (bicyclic) bond motifs is 1. The first-order valence-electron chi connectivity index (χ1n) is 10.8. The number of para-hydroxylation sites is 3. The number of carbonyl (C=O) groups is 2. The van der Waals surface area contributed by atoms with Crippen molar-refractivity contribution in [3.8, 4) is 5.69 Å². The Morgan fingerprint density at radius 2 is 1.81 bits per heavy atom. The minimum atomic E-state index is -0.323. The normalized spacial score (nSPS) is 13.3. The summed E-state index contributed by atoms with van der Waals surface area (Å²) in [5.41, 5.74) is 2.94. The van der Waals surface area contributed by atoms with Gasteiger partial charge in [-0.15, -0.1) is 0 Å². The van der Waals surface area contributed by atoms with Gasteiger partial charge in [0.2, 0.25) is 5.91 Å². The average molecular weight is 428 g/mol. The Kier molecular flexibility index (Phi) is 5.18. The van der Waals surface area contributed by atoms with Crippen molar-refractivity contribution in [3.05, 3.63) is 72.2 Å². The van der Waals surface area contributed by atoms with Crippen LogP contribution >= 0.6 is 0 Å². The zero-order chi connectivity index (χ0) is 22.1. The Hall–Kier alpha value is -3.94. The predicted molar refractivity (Wildman–Crippen MR) is 121 cm³/mol. The van der Waals surface area contributed by atoms with E-state index in [9.17, 15) is 9.59 Å². The van der Waals surface area contributed by atoms with Gasteiger partial charge in [-0.2, -0.15) is 5.10 Å². The van der Waals surface area contributed by atoms with Crippen molar-refractivity contribution in [2.24, 2.45) is 5.92 Å². The molecule has 1 aliphatic carbocycles. The first-order chi connectivity index (χ1) is 15.6. The van der Waals surface area contributed by atoms with Crippen molar-refractivity contribution in [3.63, 3.8) is 0 Å². The average Bonchev–Trinajstić information content (AvgIpc) is 3.50. The largest absolute Gasteiger partial charge is 0.343 e. The number of benzene rings is 2. The molecule has 2 heterocycles. The van der Waals surface area contributed by atoms with Gasteiger partial charge in [0.15, 0.2) is 5.69 Å². The smallest absolute Gasteiger partial charge is 0.272 e. The minimum absolute atomic E-state index is 0.0364. The lowest BCUT2D eigenvalue weighted by molar-refractivity contribution is -0.117. The molecule has 162 valence electrons. The summed E-state index contributed by atoms with van der Waals surface area (Å²) in [6, 6.07) is 19.0. The third-order valence-corrected chi connectivity index (χ3v) is 5.60. The highest BCUT2D eigenvalue weighted by atomic mass is 16.2. The van der Waals surface area contributed by atoms with Gasteiger partial charge in [0.1, 0.15) is 11.6 Å². The number of nitrogens with one attached hydrogen (secondary N) is 2. The summed E-state index contributed by atoms with van der Waals surface area (Å²) in [7, 11) is 0. The van der Waals surface area contributed by atoms with Crippen LogP contribution in [0.4, 0.5) is 5.82 Å². The zero-order valence-electron chi connectivity index (χ0n) is 17.8. The monoisotopic (exact) mass is 428 g/mol. The second kappa shape index (κ2) is 8.30. The first-order valence-corrected chi connectivity index (χ1v) is 10.8. The van der Waals surface area contributed by atoms with E-state index < -0.39 is 0 Å².